The number of nitrogens with zero attached hydrogens (tertiary/aromatic N) is 1. The summed E-state index contributed by atoms with van der Waals surface area (Å²) >= 11 is 0. The fourth-order valence-corrected chi connectivity index (χ4v) is 2.44. The quantitative estimate of drug-likeness (QED) is 0.694. The molecule has 1 rings (SSSR count). The van der Waals surface area contributed by atoms with Crippen LogP contribution in [-0.2, 0) is 14.8 Å². The van der Waals surface area contributed by atoms with Crippen molar-refractivity contribution in [1.82, 2.24) is 4.31 Å². The molecule has 100 valence electrons. The lowest BCUT2D eigenvalue weighted by Gasteiger charge is -2.17. The van der Waals surface area contributed by atoms with E-state index >= 15 is 0 Å². The third-order valence-corrected chi connectivity index (χ3v) is 4.01. The number of sulfonamides is 1. The Balaban J connectivity index is 2.94. The van der Waals surface area contributed by atoms with Gasteiger partial charge in [0.25, 0.3) is 0 Å². The average molecular weight is 272 g/mol. The van der Waals surface area contributed by atoms with Crippen molar-refractivity contribution >= 4 is 16.0 Å². The Morgan fingerprint density at radius 1 is 1.33 bits per heavy atom. The number of aliphatic carboxylic acids is 1. The zero-order chi connectivity index (χ0) is 13.8. The number of ether oxygens (including phenoxy) is 1. The number of carbonyl (C=O) groups excluding carboxylic acids is 1. The summed E-state index contributed by atoms with van der Waals surface area (Å²) in [5.74, 6) is -0.897. The van der Waals surface area contributed by atoms with Gasteiger partial charge in [-0.05, 0) is 31.2 Å². The van der Waals surface area contributed by atoms with Gasteiger partial charge in [0, 0.05) is 7.05 Å². The third-order valence-electron chi connectivity index (χ3n) is 2.19. The smallest absolute Gasteiger partial charge is 0.243 e. The minimum Gasteiger partial charge on any atom is -0.549 e. The predicted molar refractivity (Wildman–Crippen MR) is 62.4 cm³/mol. The van der Waals surface area contributed by atoms with Gasteiger partial charge in [-0.2, -0.15) is 4.31 Å². The Labute approximate surface area is 106 Å². The summed E-state index contributed by atoms with van der Waals surface area (Å²) in [5.41, 5.74) is 0. The molecule has 0 spiro atoms. The molecule has 0 N–H and O–H groups in total. The summed E-state index contributed by atoms with van der Waals surface area (Å²) in [6.45, 7) is 1.62. The fourth-order valence-electron chi connectivity index (χ4n) is 1.32. The van der Waals surface area contributed by atoms with Crippen LogP contribution in [0, 0.1) is 0 Å². The topological polar surface area (TPSA) is 86.7 Å². The Morgan fingerprint density at radius 3 is 2.33 bits per heavy atom. The summed E-state index contributed by atoms with van der Waals surface area (Å²) in [7, 11) is -2.63. The van der Waals surface area contributed by atoms with E-state index in [1.54, 1.807) is 0 Å². The lowest BCUT2D eigenvalue weighted by molar-refractivity contribution is -0.305. The first-order chi connectivity index (χ1) is 8.37. The highest BCUT2D eigenvalue weighted by Gasteiger charge is 2.20. The molecule has 0 aliphatic rings. The Hall–Kier alpha value is -1.60. The standard InChI is InChI=1S/C11H15NO5S/c1-3-17-9-4-6-10(7-5-9)18(15,16)12(2)8-11(13)14/h4-7H,3,8H2,1-2H3,(H,13,14)/p-1. The number of hydrogen-bond acceptors (Lipinski definition) is 5. The molecule has 0 amide bonds. The van der Waals surface area contributed by atoms with E-state index in [0.29, 0.717) is 12.4 Å². The Bertz CT molecular complexity index is 509. The number of benzene rings is 1. The highest BCUT2D eigenvalue weighted by molar-refractivity contribution is 7.89. The van der Waals surface area contributed by atoms with Gasteiger partial charge < -0.3 is 14.6 Å². The van der Waals surface area contributed by atoms with Crippen LogP contribution in [0.1, 0.15) is 6.92 Å². The Kier molecular flexibility index (Phi) is 4.69. The highest BCUT2D eigenvalue weighted by Crippen LogP contribution is 2.18. The normalized spacial score (nSPS) is 11.5. The third kappa shape index (κ3) is 3.44. The van der Waals surface area contributed by atoms with Crippen LogP contribution in [0.4, 0.5) is 0 Å². The van der Waals surface area contributed by atoms with Gasteiger partial charge in [-0.15, -0.1) is 0 Å². The molecule has 0 bridgehead atoms. The maximum Gasteiger partial charge on any atom is 0.243 e. The molecule has 0 radical (unpaired) electrons. The summed E-state index contributed by atoms with van der Waals surface area (Å²) in [6, 6.07) is 5.77. The minimum atomic E-state index is -3.81. The van der Waals surface area contributed by atoms with Crippen molar-refractivity contribution in [3.8, 4) is 5.75 Å². The Morgan fingerprint density at radius 2 is 1.89 bits per heavy atom. The van der Waals surface area contributed by atoms with E-state index in [4.69, 9.17) is 4.74 Å². The van der Waals surface area contributed by atoms with Crippen molar-refractivity contribution in [2.24, 2.45) is 0 Å². The molecule has 0 saturated heterocycles. The summed E-state index contributed by atoms with van der Waals surface area (Å²) in [6.07, 6.45) is 0. The number of hydrogen-bond donors (Lipinski definition) is 0. The zero-order valence-electron chi connectivity index (χ0n) is 10.1. The van der Waals surface area contributed by atoms with E-state index in [-0.39, 0.29) is 4.90 Å². The van der Waals surface area contributed by atoms with Gasteiger partial charge in [0.2, 0.25) is 10.0 Å². The van der Waals surface area contributed by atoms with Crippen LogP contribution in [0.15, 0.2) is 29.2 Å². The molecule has 1 aromatic carbocycles. The predicted octanol–water partition coefficient (Wildman–Crippen LogP) is -0.544. The van der Waals surface area contributed by atoms with Crippen molar-refractivity contribution in [3.63, 3.8) is 0 Å². The molecule has 6 nitrogen and oxygen atoms in total. The minimum absolute atomic E-state index is 0.00898. The number of likely N-dealkylation sites (N-methyl/N-ethyl adjacent to an activating group) is 1. The molecular weight excluding hydrogens is 258 g/mol. The molecule has 0 aliphatic carbocycles. The van der Waals surface area contributed by atoms with E-state index in [2.05, 4.69) is 0 Å². The van der Waals surface area contributed by atoms with Crippen LogP contribution in [0.5, 0.6) is 5.75 Å². The van der Waals surface area contributed by atoms with Crippen molar-refractivity contribution in [2.45, 2.75) is 11.8 Å². The summed E-state index contributed by atoms with van der Waals surface area (Å²) in [5, 5.41) is 10.4. The van der Waals surface area contributed by atoms with Gasteiger partial charge in [-0.1, -0.05) is 0 Å². The fraction of sp³-hybridized carbons (Fsp3) is 0.364. The van der Waals surface area contributed by atoms with Gasteiger partial charge in [0.15, 0.2) is 0 Å². The first kappa shape index (κ1) is 14.5. The van der Waals surface area contributed by atoms with Crippen LogP contribution in [-0.4, -0.2) is 38.9 Å². The van der Waals surface area contributed by atoms with Crippen molar-refractivity contribution in [2.75, 3.05) is 20.2 Å². The SMILES string of the molecule is CCOc1ccc(S(=O)(=O)N(C)CC(=O)[O-])cc1. The molecule has 0 atom stereocenters. The lowest BCUT2D eigenvalue weighted by Crippen LogP contribution is -2.39. The number of carbonyl (C=O) groups is 1. The maximum absolute atomic E-state index is 11.9. The molecule has 0 heterocycles. The van der Waals surface area contributed by atoms with Crippen molar-refractivity contribution in [1.29, 1.82) is 0 Å². The van der Waals surface area contributed by atoms with Crippen LogP contribution in [0.25, 0.3) is 0 Å². The number of rotatable bonds is 6. The first-order valence-corrected chi connectivity index (χ1v) is 6.71. The highest BCUT2D eigenvalue weighted by atomic mass is 32.2. The molecule has 0 saturated carbocycles. The molecule has 0 fully saturated rings. The maximum atomic E-state index is 11.9. The van der Waals surface area contributed by atoms with Gasteiger partial charge >= 0.3 is 0 Å². The summed E-state index contributed by atoms with van der Waals surface area (Å²) < 4.78 is 29.8. The van der Waals surface area contributed by atoms with Crippen molar-refractivity contribution < 1.29 is 23.1 Å². The van der Waals surface area contributed by atoms with Crippen LogP contribution in [0.2, 0.25) is 0 Å². The van der Waals surface area contributed by atoms with Gasteiger partial charge in [0.1, 0.15) is 5.75 Å². The van der Waals surface area contributed by atoms with Gasteiger partial charge in [-0.3, -0.25) is 0 Å². The lowest BCUT2D eigenvalue weighted by atomic mass is 10.3. The molecule has 0 unspecified atom stereocenters. The average Bonchev–Trinajstić information content (AvgIpc) is 2.29. The monoisotopic (exact) mass is 272 g/mol. The molecule has 7 heteroatoms. The largest absolute Gasteiger partial charge is 0.549 e. The van der Waals surface area contributed by atoms with Crippen LogP contribution < -0.4 is 9.84 Å². The second-order valence-corrected chi connectivity index (χ2v) is 5.58. The van der Waals surface area contributed by atoms with E-state index in [9.17, 15) is 18.3 Å². The van der Waals surface area contributed by atoms with E-state index < -0.39 is 22.5 Å². The van der Waals surface area contributed by atoms with E-state index in [1.165, 1.54) is 31.3 Å². The molecule has 0 aromatic heterocycles. The number of carboxylic acid groups (broad SMARTS) is 1. The first-order valence-electron chi connectivity index (χ1n) is 5.27. The molecule has 0 aliphatic heterocycles. The van der Waals surface area contributed by atoms with Crippen molar-refractivity contribution in [3.05, 3.63) is 24.3 Å². The van der Waals surface area contributed by atoms with E-state index in [1.807, 2.05) is 6.92 Å². The van der Waals surface area contributed by atoms with Gasteiger partial charge in [-0.25, -0.2) is 8.42 Å². The molecule has 18 heavy (non-hydrogen) atoms. The second-order valence-electron chi connectivity index (χ2n) is 3.54. The zero-order valence-corrected chi connectivity index (χ0v) is 10.9. The molecule has 1 aromatic rings. The summed E-state index contributed by atoms with van der Waals surface area (Å²) in [4.78, 5) is 10.4. The second kappa shape index (κ2) is 5.83. The van der Waals surface area contributed by atoms with Crippen LogP contribution in [0.3, 0.4) is 0 Å². The number of carboxylic acids is 1. The van der Waals surface area contributed by atoms with Crippen LogP contribution >= 0.6 is 0 Å². The van der Waals surface area contributed by atoms with Gasteiger partial charge in [0.05, 0.1) is 24.0 Å². The molecular formula is C11H14NO5S-. The van der Waals surface area contributed by atoms with E-state index in [0.717, 1.165) is 4.31 Å².